The number of ether oxygens (including phenoxy) is 1. The molecule has 0 radical (unpaired) electrons. The Bertz CT molecular complexity index is 698. The Labute approximate surface area is 145 Å². The zero-order valence-electron chi connectivity index (χ0n) is 13.6. The number of nitrogens with one attached hydrogen (secondary N) is 1. The predicted molar refractivity (Wildman–Crippen MR) is 93.9 cm³/mol. The molecule has 3 rings (SSSR count). The summed E-state index contributed by atoms with van der Waals surface area (Å²) in [5.74, 6) is -0.432. The highest BCUT2D eigenvalue weighted by molar-refractivity contribution is 7.12. The summed E-state index contributed by atoms with van der Waals surface area (Å²) in [4.78, 5) is 20.2. The van der Waals surface area contributed by atoms with E-state index < -0.39 is 5.97 Å². The number of carboxylic acids is 1. The molecule has 1 aliphatic heterocycles. The molecule has 3 heterocycles. The van der Waals surface area contributed by atoms with E-state index in [-0.39, 0.29) is 11.7 Å². The average molecular weight is 347 g/mol. The maximum Gasteiger partial charge on any atom is 0.354 e. The van der Waals surface area contributed by atoms with Crippen molar-refractivity contribution < 1.29 is 14.6 Å². The van der Waals surface area contributed by atoms with Gasteiger partial charge in [-0.3, -0.25) is 4.90 Å². The third-order valence-corrected chi connectivity index (χ3v) is 5.12. The molecular weight excluding hydrogens is 326 g/mol. The molecule has 128 valence electrons. The van der Waals surface area contributed by atoms with Gasteiger partial charge in [0, 0.05) is 29.4 Å². The summed E-state index contributed by atoms with van der Waals surface area (Å²) in [5, 5.41) is 12.4. The number of thiophene rings is 1. The highest BCUT2D eigenvalue weighted by Gasteiger charge is 2.24. The number of nitrogens with zero attached hydrogens (tertiary/aromatic N) is 2. The van der Waals surface area contributed by atoms with Crippen molar-refractivity contribution in [3.05, 3.63) is 45.8 Å². The van der Waals surface area contributed by atoms with Crippen molar-refractivity contribution in [2.45, 2.75) is 13.0 Å². The molecule has 2 aromatic rings. The van der Waals surface area contributed by atoms with Crippen LogP contribution in [0.4, 0.5) is 5.82 Å². The monoisotopic (exact) mass is 347 g/mol. The first kappa shape index (κ1) is 16.9. The van der Waals surface area contributed by atoms with Crippen LogP contribution < -0.4 is 5.32 Å². The summed E-state index contributed by atoms with van der Waals surface area (Å²) in [6.45, 7) is 6.06. The van der Waals surface area contributed by atoms with Crippen LogP contribution in [0.1, 0.15) is 26.3 Å². The third kappa shape index (κ3) is 4.11. The minimum Gasteiger partial charge on any atom is -0.477 e. The summed E-state index contributed by atoms with van der Waals surface area (Å²) in [6.07, 6.45) is 0. The van der Waals surface area contributed by atoms with Crippen molar-refractivity contribution in [1.29, 1.82) is 0 Å². The molecule has 1 unspecified atom stereocenters. The Morgan fingerprint density at radius 2 is 2.17 bits per heavy atom. The fraction of sp³-hybridized carbons (Fsp3) is 0.412. The lowest BCUT2D eigenvalue weighted by Crippen LogP contribution is -2.41. The normalized spacial score (nSPS) is 16.7. The van der Waals surface area contributed by atoms with Gasteiger partial charge in [0.2, 0.25) is 0 Å². The number of carbonyl (C=O) groups is 1. The van der Waals surface area contributed by atoms with Crippen LogP contribution in [0.15, 0.2) is 30.3 Å². The molecular formula is C17H21N3O3S. The number of aromatic nitrogens is 1. The molecule has 7 heteroatoms. The molecule has 1 aliphatic rings. The molecule has 1 fully saturated rings. The van der Waals surface area contributed by atoms with Crippen LogP contribution in [-0.4, -0.2) is 53.8 Å². The molecule has 0 aliphatic carbocycles. The average Bonchev–Trinajstić information content (AvgIpc) is 3.02. The van der Waals surface area contributed by atoms with E-state index in [9.17, 15) is 4.79 Å². The van der Waals surface area contributed by atoms with Gasteiger partial charge in [0.1, 0.15) is 5.82 Å². The lowest BCUT2D eigenvalue weighted by molar-refractivity contribution is 0.0194. The van der Waals surface area contributed by atoms with E-state index in [1.807, 2.05) is 0 Å². The van der Waals surface area contributed by atoms with Crippen LogP contribution in [0.3, 0.4) is 0 Å². The lowest BCUT2D eigenvalue weighted by atomic mass is 10.2. The van der Waals surface area contributed by atoms with Crippen molar-refractivity contribution in [2.75, 3.05) is 38.2 Å². The molecule has 1 atom stereocenters. The fourth-order valence-electron chi connectivity index (χ4n) is 2.78. The van der Waals surface area contributed by atoms with E-state index in [4.69, 9.17) is 9.84 Å². The standard InChI is InChI=1S/C17H21N3O3S/c1-12-5-6-15(24-12)14(20-7-9-23-10-8-20)11-18-16-4-2-3-13(19-16)17(21)22/h2-6,14H,7-11H2,1H3,(H,18,19)(H,21,22). The van der Waals surface area contributed by atoms with E-state index in [0.29, 0.717) is 12.4 Å². The molecule has 2 aromatic heterocycles. The van der Waals surface area contributed by atoms with Crippen molar-refractivity contribution in [1.82, 2.24) is 9.88 Å². The van der Waals surface area contributed by atoms with E-state index in [1.165, 1.54) is 15.8 Å². The smallest absolute Gasteiger partial charge is 0.354 e. The molecule has 24 heavy (non-hydrogen) atoms. The third-order valence-electron chi connectivity index (χ3n) is 4.02. The van der Waals surface area contributed by atoms with Crippen molar-refractivity contribution in [2.24, 2.45) is 0 Å². The van der Waals surface area contributed by atoms with E-state index in [2.05, 4.69) is 34.3 Å². The number of carboxylic acid groups (broad SMARTS) is 1. The number of rotatable bonds is 6. The lowest BCUT2D eigenvalue weighted by Gasteiger charge is -2.34. The van der Waals surface area contributed by atoms with Crippen LogP contribution in [0.25, 0.3) is 0 Å². The Kier molecular flexibility index (Phi) is 5.44. The van der Waals surface area contributed by atoms with Crippen molar-refractivity contribution in [3.63, 3.8) is 0 Å². The molecule has 0 amide bonds. The van der Waals surface area contributed by atoms with E-state index >= 15 is 0 Å². The van der Waals surface area contributed by atoms with Gasteiger partial charge in [0.15, 0.2) is 5.69 Å². The molecule has 2 N–H and O–H groups in total. The van der Waals surface area contributed by atoms with Crippen LogP contribution in [0.2, 0.25) is 0 Å². The number of pyridine rings is 1. The molecule has 0 spiro atoms. The Balaban J connectivity index is 1.74. The minimum atomic E-state index is -1.02. The minimum absolute atomic E-state index is 0.0508. The second-order valence-electron chi connectivity index (χ2n) is 5.71. The summed E-state index contributed by atoms with van der Waals surface area (Å²) < 4.78 is 5.46. The van der Waals surface area contributed by atoms with Gasteiger partial charge in [-0.2, -0.15) is 0 Å². The van der Waals surface area contributed by atoms with Gasteiger partial charge >= 0.3 is 5.97 Å². The van der Waals surface area contributed by atoms with Gasteiger partial charge in [0.25, 0.3) is 0 Å². The van der Waals surface area contributed by atoms with Gasteiger partial charge in [-0.05, 0) is 31.2 Å². The highest BCUT2D eigenvalue weighted by atomic mass is 32.1. The van der Waals surface area contributed by atoms with Crippen LogP contribution in [0.5, 0.6) is 0 Å². The van der Waals surface area contributed by atoms with Gasteiger partial charge in [-0.1, -0.05) is 6.07 Å². The van der Waals surface area contributed by atoms with Crippen molar-refractivity contribution in [3.8, 4) is 0 Å². The zero-order chi connectivity index (χ0) is 16.9. The van der Waals surface area contributed by atoms with Gasteiger partial charge in [-0.25, -0.2) is 9.78 Å². The molecule has 0 saturated carbocycles. The first-order valence-corrected chi connectivity index (χ1v) is 8.77. The fourth-order valence-corrected chi connectivity index (χ4v) is 3.80. The second kappa shape index (κ2) is 7.74. The van der Waals surface area contributed by atoms with Gasteiger partial charge < -0.3 is 15.2 Å². The summed E-state index contributed by atoms with van der Waals surface area (Å²) >= 11 is 1.80. The van der Waals surface area contributed by atoms with Gasteiger partial charge in [0.05, 0.1) is 19.3 Å². The number of anilines is 1. The Hall–Kier alpha value is -1.96. The number of aromatic carboxylic acids is 1. The maximum atomic E-state index is 11.1. The SMILES string of the molecule is Cc1ccc(C(CNc2cccc(C(=O)O)n2)N2CCOCC2)s1. The second-order valence-corrected chi connectivity index (χ2v) is 7.03. The predicted octanol–water partition coefficient (Wildman–Crippen LogP) is 2.64. The van der Waals surface area contributed by atoms with Gasteiger partial charge in [-0.15, -0.1) is 11.3 Å². The topological polar surface area (TPSA) is 74.7 Å². The zero-order valence-corrected chi connectivity index (χ0v) is 14.4. The first-order valence-electron chi connectivity index (χ1n) is 7.96. The first-order chi connectivity index (χ1) is 11.6. The van der Waals surface area contributed by atoms with Crippen LogP contribution in [-0.2, 0) is 4.74 Å². The number of aryl methyl sites for hydroxylation is 1. The van der Waals surface area contributed by atoms with E-state index in [0.717, 1.165) is 26.3 Å². The molecule has 6 nitrogen and oxygen atoms in total. The quantitative estimate of drug-likeness (QED) is 0.837. The molecule has 1 saturated heterocycles. The summed E-state index contributed by atoms with van der Waals surface area (Å²) in [6, 6.07) is 9.53. The Morgan fingerprint density at radius 1 is 1.38 bits per heavy atom. The number of hydrogen-bond acceptors (Lipinski definition) is 6. The number of hydrogen-bond donors (Lipinski definition) is 2. The molecule has 0 bridgehead atoms. The number of morpholine rings is 1. The van der Waals surface area contributed by atoms with E-state index in [1.54, 1.807) is 23.5 Å². The Morgan fingerprint density at radius 3 is 2.83 bits per heavy atom. The molecule has 0 aromatic carbocycles. The highest BCUT2D eigenvalue weighted by Crippen LogP contribution is 2.28. The van der Waals surface area contributed by atoms with Crippen LogP contribution >= 0.6 is 11.3 Å². The maximum absolute atomic E-state index is 11.1. The summed E-state index contributed by atoms with van der Waals surface area (Å²) in [7, 11) is 0. The van der Waals surface area contributed by atoms with Crippen molar-refractivity contribution >= 4 is 23.1 Å². The van der Waals surface area contributed by atoms with Crippen LogP contribution in [0, 0.1) is 6.92 Å². The summed E-state index contributed by atoms with van der Waals surface area (Å²) in [5.41, 5.74) is 0.0508. The largest absolute Gasteiger partial charge is 0.477 e.